The molecule has 0 aromatic carbocycles. The summed E-state index contributed by atoms with van der Waals surface area (Å²) in [5.74, 6) is 0.900. The second-order valence-corrected chi connectivity index (χ2v) is 6.20. The molecule has 7 nitrogen and oxygen atoms in total. The van der Waals surface area contributed by atoms with Crippen LogP contribution < -0.4 is 5.32 Å². The normalized spacial score (nSPS) is 24.1. The van der Waals surface area contributed by atoms with Gasteiger partial charge < -0.3 is 10.1 Å². The molecule has 118 valence electrons. The van der Waals surface area contributed by atoms with Gasteiger partial charge in [0.15, 0.2) is 5.65 Å². The highest BCUT2D eigenvalue weighted by Gasteiger charge is 2.29. The predicted octanol–water partition coefficient (Wildman–Crippen LogP) is 1.03. The quantitative estimate of drug-likeness (QED) is 0.913. The molecule has 2 aliphatic heterocycles. The molecule has 0 amide bonds. The smallest absolute Gasteiger partial charge is 0.163 e. The zero-order valence-corrected chi connectivity index (χ0v) is 12.9. The van der Waals surface area contributed by atoms with Crippen LogP contribution in [0.15, 0.2) is 12.5 Å². The lowest BCUT2D eigenvalue weighted by atomic mass is 10.1. The van der Waals surface area contributed by atoms with Crippen molar-refractivity contribution in [3.8, 4) is 0 Å². The molecule has 0 radical (unpaired) electrons. The molecule has 2 aromatic rings. The van der Waals surface area contributed by atoms with Crippen molar-refractivity contribution < 1.29 is 4.74 Å². The summed E-state index contributed by atoms with van der Waals surface area (Å²) in [6, 6.07) is 1.13. The maximum absolute atomic E-state index is 5.46. The van der Waals surface area contributed by atoms with Gasteiger partial charge >= 0.3 is 0 Å². The lowest BCUT2D eigenvalue weighted by Crippen LogP contribution is -2.39. The van der Waals surface area contributed by atoms with Crippen LogP contribution in [0.1, 0.15) is 19.3 Å². The molecule has 22 heavy (non-hydrogen) atoms. The highest BCUT2D eigenvalue weighted by atomic mass is 16.5. The van der Waals surface area contributed by atoms with Gasteiger partial charge in [-0.15, -0.1) is 0 Å². The Morgan fingerprint density at radius 1 is 1.23 bits per heavy atom. The minimum absolute atomic E-state index is 0.446. The standard InChI is InChI=1S/C15H22N6O/c1-20-15-13(8-18-20)14(16-10-17-15)19-11-2-5-21(9-11)12-3-6-22-7-4-12/h8,10-12H,2-7,9H2,1H3,(H,16,17,19). The molecule has 4 rings (SSSR count). The van der Waals surface area contributed by atoms with Crippen molar-refractivity contribution in [2.75, 3.05) is 31.6 Å². The molecule has 0 aliphatic carbocycles. The zero-order valence-electron chi connectivity index (χ0n) is 12.9. The van der Waals surface area contributed by atoms with Crippen LogP contribution in [-0.2, 0) is 11.8 Å². The van der Waals surface area contributed by atoms with Gasteiger partial charge in [0.25, 0.3) is 0 Å². The van der Waals surface area contributed by atoms with Crippen LogP contribution in [0.5, 0.6) is 0 Å². The van der Waals surface area contributed by atoms with E-state index in [4.69, 9.17) is 4.74 Å². The van der Waals surface area contributed by atoms with Gasteiger partial charge in [-0.25, -0.2) is 9.97 Å². The molecule has 0 bridgehead atoms. The number of ether oxygens (including phenoxy) is 1. The van der Waals surface area contributed by atoms with E-state index in [0.29, 0.717) is 12.1 Å². The molecular formula is C15H22N6O. The minimum atomic E-state index is 0.446. The van der Waals surface area contributed by atoms with Crippen LogP contribution in [0.3, 0.4) is 0 Å². The molecule has 2 fully saturated rings. The van der Waals surface area contributed by atoms with E-state index in [2.05, 4.69) is 25.3 Å². The summed E-state index contributed by atoms with van der Waals surface area (Å²) in [5.41, 5.74) is 0.872. The van der Waals surface area contributed by atoms with Crippen LogP contribution >= 0.6 is 0 Å². The number of hydrogen-bond acceptors (Lipinski definition) is 6. The van der Waals surface area contributed by atoms with Crippen molar-refractivity contribution >= 4 is 16.9 Å². The van der Waals surface area contributed by atoms with E-state index in [1.807, 2.05) is 13.2 Å². The van der Waals surface area contributed by atoms with Crippen molar-refractivity contribution in [2.45, 2.75) is 31.3 Å². The van der Waals surface area contributed by atoms with Crippen LogP contribution in [0.2, 0.25) is 0 Å². The van der Waals surface area contributed by atoms with Gasteiger partial charge in [-0.3, -0.25) is 9.58 Å². The Morgan fingerprint density at radius 2 is 2.09 bits per heavy atom. The van der Waals surface area contributed by atoms with Crippen LogP contribution in [-0.4, -0.2) is 63.0 Å². The molecule has 1 N–H and O–H groups in total. The summed E-state index contributed by atoms with van der Waals surface area (Å²) in [4.78, 5) is 11.3. The van der Waals surface area contributed by atoms with E-state index in [-0.39, 0.29) is 0 Å². The Balaban J connectivity index is 1.45. The van der Waals surface area contributed by atoms with Gasteiger partial charge in [0.2, 0.25) is 0 Å². The Labute approximate surface area is 129 Å². The van der Waals surface area contributed by atoms with Gasteiger partial charge in [0.1, 0.15) is 12.1 Å². The average Bonchev–Trinajstić information content (AvgIpc) is 3.17. The van der Waals surface area contributed by atoms with Gasteiger partial charge in [-0.05, 0) is 19.3 Å². The summed E-state index contributed by atoms with van der Waals surface area (Å²) >= 11 is 0. The number of rotatable bonds is 3. The molecule has 4 heterocycles. The van der Waals surface area contributed by atoms with E-state index in [1.165, 1.54) is 0 Å². The first kappa shape index (κ1) is 13.9. The number of anilines is 1. The fourth-order valence-electron chi connectivity index (χ4n) is 3.56. The largest absolute Gasteiger partial charge is 0.381 e. The monoisotopic (exact) mass is 302 g/mol. The van der Waals surface area contributed by atoms with Crippen LogP contribution in [0.4, 0.5) is 5.82 Å². The molecule has 1 atom stereocenters. The van der Waals surface area contributed by atoms with Crippen molar-refractivity contribution in [3.05, 3.63) is 12.5 Å². The number of hydrogen-bond donors (Lipinski definition) is 1. The SMILES string of the molecule is Cn1ncc2c(NC3CCN(C4CCOCC4)C3)ncnc21. The third kappa shape index (κ3) is 2.55. The summed E-state index contributed by atoms with van der Waals surface area (Å²) in [6.07, 6.45) is 6.92. The first-order valence-electron chi connectivity index (χ1n) is 8.02. The van der Waals surface area contributed by atoms with Gasteiger partial charge in [-0.1, -0.05) is 0 Å². The third-order valence-electron chi connectivity index (χ3n) is 4.80. The first-order valence-corrected chi connectivity index (χ1v) is 8.02. The Hall–Kier alpha value is -1.73. The lowest BCUT2D eigenvalue weighted by molar-refractivity contribution is 0.0421. The van der Waals surface area contributed by atoms with E-state index in [0.717, 1.165) is 62.4 Å². The van der Waals surface area contributed by atoms with E-state index >= 15 is 0 Å². The molecule has 2 aliphatic rings. The maximum atomic E-state index is 5.46. The highest BCUT2D eigenvalue weighted by Crippen LogP contribution is 2.24. The number of fused-ring (bicyclic) bond motifs is 1. The number of nitrogens with zero attached hydrogens (tertiary/aromatic N) is 5. The number of nitrogens with one attached hydrogen (secondary N) is 1. The Morgan fingerprint density at radius 3 is 2.95 bits per heavy atom. The maximum Gasteiger partial charge on any atom is 0.163 e. The molecule has 0 spiro atoms. The Bertz CT molecular complexity index is 651. The molecule has 2 saturated heterocycles. The topological polar surface area (TPSA) is 68.1 Å². The number of aryl methyl sites for hydroxylation is 1. The van der Waals surface area contributed by atoms with E-state index in [9.17, 15) is 0 Å². The summed E-state index contributed by atoms with van der Waals surface area (Å²) in [6.45, 7) is 4.04. The van der Waals surface area contributed by atoms with E-state index < -0.39 is 0 Å². The summed E-state index contributed by atoms with van der Waals surface area (Å²) in [5, 5.41) is 8.85. The second-order valence-electron chi connectivity index (χ2n) is 6.20. The molecule has 2 aromatic heterocycles. The average molecular weight is 302 g/mol. The summed E-state index contributed by atoms with van der Waals surface area (Å²) < 4.78 is 7.25. The first-order chi connectivity index (χ1) is 10.8. The minimum Gasteiger partial charge on any atom is -0.381 e. The number of likely N-dealkylation sites (tertiary alicyclic amines) is 1. The van der Waals surface area contributed by atoms with Crippen molar-refractivity contribution in [1.29, 1.82) is 0 Å². The fourth-order valence-corrected chi connectivity index (χ4v) is 3.56. The second kappa shape index (κ2) is 5.81. The Kier molecular flexibility index (Phi) is 3.67. The van der Waals surface area contributed by atoms with Gasteiger partial charge in [0.05, 0.1) is 11.6 Å². The molecule has 0 saturated carbocycles. The lowest BCUT2D eigenvalue weighted by Gasteiger charge is -2.31. The van der Waals surface area contributed by atoms with Crippen molar-refractivity contribution in [2.24, 2.45) is 7.05 Å². The third-order valence-corrected chi connectivity index (χ3v) is 4.80. The number of aromatic nitrogens is 4. The van der Waals surface area contributed by atoms with Gasteiger partial charge in [0, 0.05) is 45.4 Å². The zero-order chi connectivity index (χ0) is 14.9. The highest BCUT2D eigenvalue weighted by molar-refractivity contribution is 5.86. The fraction of sp³-hybridized carbons (Fsp3) is 0.667. The molecular weight excluding hydrogens is 280 g/mol. The predicted molar refractivity (Wildman–Crippen MR) is 83.7 cm³/mol. The van der Waals surface area contributed by atoms with Crippen molar-refractivity contribution in [1.82, 2.24) is 24.6 Å². The molecule has 7 heteroatoms. The van der Waals surface area contributed by atoms with Gasteiger partial charge in [-0.2, -0.15) is 5.10 Å². The molecule has 1 unspecified atom stereocenters. The van der Waals surface area contributed by atoms with E-state index in [1.54, 1.807) is 11.0 Å². The van der Waals surface area contributed by atoms with Crippen molar-refractivity contribution in [3.63, 3.8) is 0 Å². The summed E-state index contributed by atoms with van der Waals surface area (Å²) in [7, 11) is 1.90. The van der Waals surface area contributed by atoms with Crippen LogP contribution in [0, 0.1) is 0 Å². The van der Waals surface area contributed by atoms with Crippen LogP contribution in [0.25, 0.3) is 11.0 Å².